The van der Waals surface area contributed by atoms with Gasteiger partial charge in [0, 0.05) is 26.3 Å². The monoisotopic (exact) mass is 423 g/mol. The maximum Gasteiger partial charge on any atom is 0.262 e. The Labute approximate surface area is 179 Å². The number of fused-ring (bicyclic) bond motifs is 1. The summed E-state index contributed by atoms with van der Waals surface area (Å²) in [5, 5.41) is 3.76. The molecule has 2 aromatic carbocycles. The van der Waals surface area contributed by atoms with Gasteiger partial charge in [-0.25, -0.2) is 4.98 Å². The van der Waals surface area contributed by atoms with Crippen LogP contribution in [-0.2, 0) is 16.1 Å². The summed E-state index contributed by atoms with van der Waals surface area (Å²) in [5.41, 5.74) is 1.45. The third-order valence-corrected chi connectivity index (χ3v) is 6.29. The highest BCUT2D eigenvalue weighted by molar-refractivity contribution is 8.00. The van der Waals surface area contributed by atoms with Gasteiger partial charge in [-0.3, -0.25) is 14.2 Å². The molecule has 1 amide bonds. The molecular formula is C23H25N3O3S. The predicted octanol–water partition coefficient (Wildman–Crippen LogP) is 3.55. The zero-order valence-corrected chi connectivity index (χ0v) is 17.7. The van der Waals surface area contributed by atoms with Crippen LogP contribution in [0.5, 0.6) is 0 Å². The number of nitrogens with one attached hydrogen (secondary N) is 1. The minimum Gasteiger partial charge on any atom is -0.385 e. The first-order valence-electron chi connectivity index (χ1n) is 10.2. The van der Waals surface area contributed by atoms with E-state index in [0.717, 1.165) is 18.4 Å². The molecule has 0 saturated heterocycles. The van der Waals surface area contributed by atoms with Crippen LogP contribution < -0.4 is 10.9 Å². The van der Waals surface area contributed by atoms with Crippen molar-refractivity contribution < 1.29 is 9.53 Å². The number of hydrogen-bond acceptors (Lipinski definition) is 5. The lowest BCUT2D eigenvalue weighted by Gasteiger charge is -2.19. The van der Waals surface area contributed by atoms with Gasteiger partial charge < -0.3 is 10.1 Å². The lowest BCUT2D eigenvalue weighted by molar-refractivity contribution is -0.120. The van der Waals surface area contributed by atoms with Crippen molar-refractivity contribution in [2.45, 2.75) is 42.3 Å². The molecule has 1 N–H and O–H groups in total. The van der Waals surface area contributed by atoms with Crippen molar-refractivity contribution in [3.63, 3.8) is 0 Å². The number of hydrogen-bond donors (Lipinski definition) is 1. The highest BCUT2D eigenvalue weighted by Gasteiger charge is 2.30. The van der Waals surface area contributed by atoms with Crippen LogP contribution in [0.1, 0.15) is 30.1 Å². The molecule has 1 aromatic heterocycles. The fraction of sp³-hybridized carbons (Fsp3) is 0.348. The van der Waals surface area contributed by atoms with E-state index in [-0.39, 0.29) is 17.5 Å². The van der Waals surface area contributed by atoms with Crippen molar-refractivity contribution in [1.29, 1.82) is 0 Å². The maximum atomic E-state index is 13.2. The summed E-state index contributed by atoms with van der Waals surface area (Å²) in [6.45, 7) is 1.03. The molecule has 1 aliphatic rings. The summed E-state index contributed by atoms with van der Waals surface area (Å²) in [4.78, 5) is 31.0. The van der Waals surface area contributed by atoms with Crippen LogP contribution in [0.3, 0.4) is 0 Å². The smallest absolute Gasteiger partial charge is 0.262 e. The van der Waals surface area contributed by atoms with Crippen molar-refractivity contribution >= 4 is 28.6 Å². The van der Waals surface area contributed by atoms with E-state index in [1.54, 1.807) is 17.7 Å². The van der Waals surface area contributed by atoms with Gasteiger partial charge in [-0.2, -0.15) is 0 Å². The molecule has 0 unspecified atom stereocenters. The average Bonchev–Trinajstić information content (AvgIpc) is 3.58. The molecule has 0 bridgehead atoms. The van der Waals surface area contributed by atoms with Crippen molar-refractivity contribution in [1.82, 2.24) is 14.9 Å². The molecule has 1 heterocycles. The second kappa shape index (κ2) is 9.45. The lowest BCUT2D eigenvalue weighted by atomic mass is 10.1. The van der Waals surface area contributed by atoms with Crippen molar-refractivity contribution in [3.8, 4) is 0 Å². The van der Waals surface area contributed by atoms with E-state index in [1.165, 1.54) is 11.8 Å². The minimum absolute atomic E-state index is 0.0421. The Morgan fingerprint density at radius 2 is 1.93 bits per heavy atom. The van der Waals surface area contributed by atoms with E-state index >= 15 is 0 Å². The standard InChI is InChI=1S/C23H25N3O3S/c1-29-15-7-14-26-22(28)18-10-5-6-11-19(18)25-23(26)30-20(16-8-3-2-4-9-16)21(27)24-17-12-13-17/h2-6,8-11,17,20H,7,12-15H2,1H3,(H,24,27)/t20-/m0/s1. The molecule has 4 rings (SSSR count). The Kier molecular flexibility index (Phi) is 6.50. The van der Waals surface area contributed by atoms with Crippen LogP contribution in [0.2, 0.25) is 0 Å². The van der Waals surface area contributed by atoms with E-state index < -0.39 is 5.25 Å². The molecule has 30 heavy (non-hydrogen) atoms. The van der Waals surface area contributed by atoms with Crippen LogP contribution in [0.15, 0.2) is 64.5 Å². The van der Waals surface area contributed by atoms with Gasteiger partial charge in [0.05, 0.1) is 10.9 Å². The zero-order valence-electron chi connectivity index (χ0n) is 16.9. The molecule has 3 aromatic rings. The van der Waals surface area contributed by atoms with Crippen LogP contribution in [0, 0.1) is 0 Å². The third-order valence-electron chi connectivity index (χ3n) is 5.04. The average molecular weight is 424 g/mol. The molecule has 6 nitrogen and oxygen atoms in total. The maximum absolute atomic E-state index is 13.2. The van der Waals surface area contributed by atoms with E-state index in [1.807, 2.05) is 48.5 Å². The number of ether oxygens (including phenoxy) is 1. The Balaban J connectivity index is 1.73. The van der Waals surface area contributed by atoms with Gasteiger partial charge in [0.25, 0.3) is 5.56 Å². The second-order valence-corrected chi connectivity index (χ2v) is 8.48. The Morgan fingerprint density at radius 1 is 1.20 bits per heavy atom. The van der Waals surface area contributed by atoms with Gasteiger partial charge in [0.1, 0.15) is 5.25 Å². The van der Waals surface area contributed by atoms with Gasteiger partial charge in [-0.05, 0) is 37.0 Å². The van der Waals surface area contributed by atoms with Crippen molar-refractivity contribution in [2.24, 2.45) is 0 Å². The highest BCUT2D eigenvalue weighted by Crippen LogP contribution is 2.35. The SMILES string of the molecule is COCCCn1c(S[C@H](C(=O)NC2CC2)c2ccccc2)nc2ccccc2c1=O. The number of carbonyl (C=O) groups excluding carboxylic acids is 1. The van der Waals surface area contributed by atoms with Gasteiger partial charge in [-0.1, -0.05) is 54.2 Å². The quantitative estimate of drug-likeness (QED) is 0.324. The normalized spacial score (nSPS) is 14.6. The largest absolute Gasteiger partial charge is 0.385 e. The van der Waals surface area contributed by atoms with E-state index in [2.05, 4.69) is 5.32 Å². The van der Waals surface area contributed by atoms with E-state index in [0.29, 0.717) is 35.6 Å². The van der Waals surface area contributed by atoms with Gasteiger partial charge in [-0.15, -0.1) is 0 Å². The minimum atomic E-state index is -0.478. The molecule has 7 heteroatoms. The van der Waals surface area contributed by atoms with E-state index in [9.17, 15) is 9.59 Å². The number of thioether (sulfide) groups is 1. The summed E-state index contributed by atoms with van der Waals surface area (Å²) in [7, 11) is 1.64. The predicted molar refractivity (Wildman–Crippen MR) is 119 cm³/mol. The van der Waals surface area contributed by atoms with Crippen molar-refractivity contribution in [3.05, 3.63) is 70.5 Å². The number of carbonyl (C=O) groups is 1. The van der Waals surface area contributed by atoms with Crippen LogP contribution in [0.25, 0.3) is 10.9 Å². The van der Waals surface area contributed by atoms with Crippen molar-refractivity contribution in [2.75, 3.05) is 13.7 Å². The van der Waals surface area contributed by atoms with Crippen LogP contribution >= 0.6 is 11.8 Å². The Hall–Kier alpha value is -2.64. The van der Waals surface area contributed by atoms with Gasteiger partial charge in [0.2, 0.25) is 5.91 Å². The lowest BCUT2D eigenvalue weighted by Crippen LogP contribution is -2.31. The number of rotatable bonds is 9. The molecule has 0 aliphatic heterocycles. The molecule has 1 saturated carbocycles. The summed E-state index contributed by atoms with van der Waals surface area (Å²) >= 11 is 1.33. The van der Waals surface area contributed by atoms with Gasteiger partial charge >= 0.3 is 0 Å². The zero-order chi connectivity index (χ0) is 20.9. The highest BCUT2D eigenvalue weighted by atomic mass is 32.2. The first-order chi connectivity index (χ1) is 14.7. The molecular weight excluding hydrogens is 398 g/mol. The number of nitrogens with zero attached hydrogens (tertiary/aromatic N) is 2. The Bertz CT molecular complexity index is 1080. The molecule has 0 spiro atoms. The number of benzene rings is 2. The Morgan fingerprint density at radius 3 is 2.67 bits per heavy atom. The molecule has 156 valence electrons. The summed E-state index contributed by atoms with van der Waals surface area (Å²) in [6, 6.07) is 17.3. The summed E-state index contributed by atoms with van der Waals surface area (Å²) in [5.74, 6) is -0.0421. The first-order valence-corrected chi connectivity index (χ1v) is 11.1. The van der Waals surface area contributed by atoms with Gasteiger partial charge in [0.15, 0.2) is 5.16 Å². The fourth-order valence-electron chi connectivity index (χ4n) is 3.31. The summed E-state index contributed by atoms with van der Waals surface area (Å²) < 4.78 is 6.84. The number of aromatic nitrogens is 2. The molecule has 1 atom stereocenters. The van der Waals surface area contributed by atoms with Crippen LogP contribution in [0.4, 0.5) is 0 Å². The molecule has 1 aliphatic carbocycles. The number of methoxy groups -OCH3 is 1. The summed E-state index contributed by atoms with van der Waals surface area (Å²) in [6.07, 6.45) is 2.73. The molecule has 0 radical (unpaired) electrons. The second-order valence-electron chi connectivity index (χ2n) is 7.41. The fourth-order valence-corrected chi connectivity index (χ4v) is 4.44. The van der Waals surface area contributed by atoms with Crippen LogP contribution in [-0.4, -0.2) is 35.2 Å². The number of para-hydroxylation sites is 1. The van der Waals surface area contributed by atoms with E-state index in [4.69, 9.17) is 9.72 Å². The third kappa shape index (κ3) is 4.74. The number of amides is 1. The topological polar surface area (TPSA) is 73.2 Å². The molecule has 1 fully saturated rings. The first kappa shape index (κ1) is 20.6.